The average molecular weight is 735 g/mol. The lowest BCUT2D eigenvalue weighted by atomic mass is 9.84. The number of fused-ring (bicyclic) bond motifs is 1. The average Bonchev–Trinajstić information content (AvgIpc) is 3.80. The first kappa shape index (κ1) is 37.2. The minimum atomic E-state index is -1.51. The third-order valence-electron chi connectivity index (χ3n) is 10.7. The van der Waals surface area contributed by atoms with Crippen molar-refractivity contribution in [3.63, 3.8) is 0 Å². The fraction of sp³-hybridized carbons (Fsp3) is 0.556. The van der Waals surface area contributed by atoms with Gasteiger partial charge in [0.15, 0.2) is 0 Å². The monoisotopic (exact) mass is 734 g/mol. The molecule has 0 bridgehead atoms. The third kappa shape index (κ3) is 7.77. The number of primary amides is 1. The Morgan fingerprint density at radius 3 is 2.52 bits per heavy atom. The molecule has 2 aliphatic heterocycles. The molecule has 16 heteroatoms. The number of aliphatic hydroxyl groups is 1. The number of carbonyl (C=O) groups is 5. The number of ketones is 1. The predicted molar refractivity (Wildman–Crippen MR) is 193 cm³/mol. The summed E-state index contributed by atoms with van der Waals surface area (Å²) in [4.78, 5) is 85.2. The van der Waals surface area contributed by atoms with Gasteiger partial charge in [-0.1, -0.05) is 55.5 Å². The van der Waals surface area contributed by atoms with Crippen LogP contribution >= 0.6 is 11.8 Å². The second-order valence-electron chi connectivity index (χ2n) is 14.8. The number of benzene rings is 1. The van der Waals surface area contributed by atoms with Crippen molar-refractivity contribution in [2.24, 2.45) is 11.7 Å². The summed E-state index contributed by atoms with van der Waals surface area (Å²) in [7, 11) is 0. The fourth-order valence-corrected chi connectivity index (χ4v) is 9.05. The van der Waals surface area contributed by atoms with Crippen molar-refractivity contribution in [1.82, 2.24) is 35.5 Å². The van der Waals surface area contributed by atoms with E-state index in [9.17, 15) is 33.9 Å². The number of aromatic amines is 1. The van der Waals surface area contributed by atoms with Crippen LogP contribution in [0.5, 0.6) is 0 Å². The molecule has 278 valence electrons. The Morgan fingerprint density at radius 1 is 1.12 bits per heavy atom. The Hall–Kier alpha value is -4.57. The topological polar surface area (TPSA) is 222 Å². The van der Waals surface area contributed by atoms with Gasteiger partial charge in [-0.2, -0.15) is 11.8 Å². The highest BCUT2D eigenvalue weighted by atomic mass is 32.2. The molecule has 15 nitrogen and oxygen atoms in total. The number of amides is 4. The first-order valence-electron chi connectivity index (χ1n) is 17.9. The Kier molecular flexibility index (Phi) is 10.9. The molecule has 3 aliphatic rings. The van der Waals surface area contributed by atoms with Crippen LogP contribution in [0.25, 0.3) is 10.8 Å². The van der Waals surface area contributed by atoms with Gasteiger partial charge in [0.25, 0.3) is 17.4 Å². The first-order chi connectivity index (χ1) is 24.8. The number of hydrogen-bond donors (Lipinski definition) is 5. The molecule has 2 saturated heterocycles. The van der Waals surface area contributed by atoms with E-state index >= 15 is 0 Å². The van der Waals surface area contributed by atoms with Crippen LogP contribution in [0, 0.1) is 5.92 Å². The Bertz CT molecular complexity index is 1910. The Balaban J connectivity index is 1.34. The molecule has 0 unspecified atom stereocenters. The lowest BCUT2D eigenvalue weighted by Gasteiger charge is -2.37. The van der Waals surface area contributed by atoms with Crippen molar-refractivity contribution in [2.45, 2.75) is 101 Å². The van der Waals surface area contributed by atoms with E-state index in [1.54, 1.807) is 55.9 Å². The van der Waals surface area contributed by atoms with Crippen molar-refractivity contribution < 1.29 is 29.1 Å². The lowest BCUT2D eigenvalue weighted by Crippen LogP contribution is -2.63. The van der Waals surface area contributed by atoms with Crippen molar-refractivity contribution >= 4 is 51.9 Å². The summed E-state index contributed by atoms with van der Waals surface area (Å²) in [5.74, 6) is -2.64. The molecule has 3 fully saturated rings. The normalized spacial score (nSPS) is 21.4. The minimum Gasteiger partial charge on any atom is -0.384 e. The number of hydrogen-bond acceptors (Lipinski definition) is 10. The number of rotatable bonds is 11. The van der Waals surface area contributed by atoms with E-state index < -0.39 is 64.2 Å². The number of Topliss-reactive ketones (excluding diaryl/α,β-unsaturated/α-hetero) is 1. The summed E-state index contributed by atoms with van der Waals surface area (Å²) in [6.07, 6.45) is 7.03. The van der Waals surface area contributed by atoms with Gasteiger partial charge in [-0.05, 0) is 68.1 Å². The Morgan fingerprint density at radius 2 is 1.83 bits per heavy atom. The quantitative estimate of drug-likeness (QED) is 0.179. The summed E-state index contributed by atoms with van der Waals surface area (Å²) in [6.45, 7) is 3.15. The second-order valence-corrected chi connectivity index (χ2v) is 16.0. The summed E-state index contributed by atoms with van der Waals surface area (Å²) in [5.41, 5.74) is 2.53. The van der Waals surface area contributed by atoms with Gasteiger partial charge in [-0.3, -0.25) is 28.8 Å². The summed E-state index contributed by atoms with van der Waals surface area (Å²) < 4.78 is 1.50. The molecule has 4 heterocycles. The summed E-state index contributed by atoms with van der Waals surface area (Å²) >= 11 is 1.59. The van der Waals surface area contributed by atoms with E-state index in [1.165, 1.54) is 15.8 Å². The molecular formula is C36H46N8O7S. The van der Waals surface area contributed by atoms with Gasteiger partial charge in [-0.15, -0.1) is 5.10 Å². The van der Waals surface area contributed by atoms with E-state index in [-0.39, 0.29) is 37.4 Å². The van der Waals surface area contributed by atoms with E-state index in [2.05, 4.69) is 25.9 Å². The number of aromatic nitrogens is 4. The van der Waals surface area contributed by atoms with Crippen LogP contribution in [-0.2, 0) is 24.8 Å². The molecule has 0 spiro atoms. The highest BCUT2D eigenvalue weighted by molar-refractivity contribution is 7.99. The molecule has 3 atom stereocenters. The molecule has 1 aromatic carbocycles. The maximum absolute atomic E-state index is 14.8. The van der Waals surface area contributed by atoms with Gasteiger partial charge in [0.1, 0.15) is 28.9 Å². The van der Waals surface area contributed by atoms with Gasteiger partial charge >= 0.3 is 0 Å². The zero-order valence-electron chi connectivity index (χ0n) is 29.4. The number of nitrogens with two attached hydrogens (primary N) is 1. The first-order valence-corrected chi connectivity index (χ1v) is 19.0. The minimum absolute atomic E-state index is 0.00163. The molecule has 6 rings (SSSR count). The second kappa shape index (κ2) is 15.2. The molecule has 1 aliphatic carbocycles. The highest BCUT2D eigenvalue weighted by Gasteiger charge is 2.49. The SMILES string of the molecule is CC(C)(O)c1cnnn1[C@H]1C[C@@H](C(=O)NC2(C(=O)C(N)=O)CCSCC2)N(C(=O)[C@@H](CC2CCCCC2)NC(=O)c2cc3ccccc3c(=O)[nH]2)C1. The number of pyridine rings is 1. The number of H-pyrrole nitrogens is 1. The van der Waals surface area contributed by atoms with Crippen molar-refractivity contribution in [3.05, 3.63) is 58.3 Å². The van der Waals surface area contributed by atoms with E-state index in [1.807, 2.05) is 0 Å². The number of thioether (sulfide) groups is 1. The van der Waals surface area contributed by atoms with Crippen LogP contribution in [0.2, 0.25) is 0 Å². The maximum Gasteiger partial charge on any atom is 0.287 e. The summed E-state index contributed by atoms with van der Waals surface area (Å²) in [5, 5.41) is 25.8. The molecule has 52 heavy (non-hydrogen) atoms. The van der Waals surface area contributed by atoms with Gasteiger partial charge in [-0.25, -0.2) is 4.68 Å². The number of nitrogens with zero attached hydrogens (tertiary/aromatic N) is 4. The Labute approximate surface area is 304 Å². The van der Waals surface area contributed by atoms with Crippen LogP contribution in [-0.4, -0.2) is 95.1 Å². The highest BCUT2D eigenvalue weighted by Crippen LogP contribution is 2.35. The zero-order chi connectivity index (χ0) is 37.2. The van der Waals surface area contributed by atoms with Gasteiger partial charge in [0, 0.05) is 18.4 Å². The molecule has 3 aromatic rings. The number of nitrogens with one attached hydrogen (secondary N) is 3. The van der Waals surface area contributed by atoms with Crippen LogP contribution in [0.15, 0.2) is 41.3 Å². The van der Waals surface area contributed by atoms with Crippen molar-refractivity contribution in [2.75, 3.05) is 18.1 Å². The maximum atomic E-state index is 14.8. The van der Waals surface area contributed by atoms with Gasteiger partial charge in [0.2, 0.25) is 17.6 Å². The third-order valence-corrected chi connectivity index (χ3v) is 11.7. The number of likely N-dealkylation sites (tertiary alicyclic amines) is 1. The molecule has 0 radical (unpaired) electrons. The molecular weight excluding hydrogens is 689 g/mol. The van der Waals surface area contributed by atoms with Gasteiger partial charge in [0.05, 0.1) is 17.9 Å². The lowest BCUT2D eigenvalue weighted by molar-refractivity contribution is -0.145. The fourth-order valence-electron chi connectivity index (χ4n) is 7.87. The molecule has 4 amide bonds. The van der Waals surface area contributed by atoms with Crippen molar-refractivity contribution in [1.29, 1.82) is 0 Å². The van der Waals surface area contributed by atoms with Gasteiger partial charge < -0.3 is 31.4 Å². The van der Waals surface area contributed by atoms with Crippen LogP contribution in [0.1, 0.15) is 93.9 Å². The van der Waals surface area contributed by atoms with Crippen LogP contribution < -0.4 is 21.9 Å². The summed E-state index contributed by atoms with van der Waals surface area (Å²) in [6, 6.07) is 5.66. The zero-order valence-corrected chi connectivity index (χ0v) is 30.2. The smallest absolute Gasteiger partial charge is 0.287 e. The van der Waals surface area contributed by atoms with Crippen molar-refractivity contribution in [3.8, 4) is 0 Å². The molecule has 2 aromatic heterocycles. The molecule has 6 N–H and O–H groups in total. The van der Waals surface area contributed by atoms with E-state index in [0.717, 1.165) is 32.1 Å². The van der Waals surface area contributed by atoms with E-state index in [4.69, 9.17) is 5.73 Å². The largest absolute Gasteiger partial charge is 0.384 e. The van der Waals surface area contributed by atoms with E-state index in [0.29, 0.717) is 34.4 Å². The van der Waals surface area contributed by atoms with Crippen LogP contribution in [0.4, 0.5) is 0 Å². The van der Waals surface area contributed by atoms with Crippen LogP contribution in [0.3, 0.4) is 0 Å². The standard InChI is InChI=1S/C36H46N8O7S/c1-35(2,51)28-19-38-42-44(28)23-18-27(33(49)41-36(29(45)30(37)46)12-14-52-15-13-36)43(20-23)34(50)26(16-21-8-4-3-5-9-21)40-32(48)25-17-22-10-6-7-11-24(22)31(47)39-25/h6-7,10-11,17,19,21,23,26-27,51H,3-5,8-9,12-16,18,20H2,1-2H3,(H2,37,46)(H,39,47)(H,40,48)(H,41,49)/t23-,26+,27-/m0/s1. The molecule has 1 saturated carbocycles. The number of carbonyl (C=O) groups excluding carboxylic acids is 5. The predicted octanol–water partition coefficient (Wildman–Crippen LogP) is 1.69.